The smallest absolute Gasteiger partial charge is 0.724 e. The Bertz CT molecular complexity index is 156. The Kier molecular flexibility index (Phi) is 586. The minimum atomic E-state index is 0. The molecule has 0 aliphatic heterocycles. The van der Waals surface area contributed by atoms with Crippen LogP contribution in [0, 0.1) is 0 Å². The van der Waals surface area contributed by atoms with Gasteiger partial charge in [-0.1, -0.05) is 0 Å². The zero-order chi connectivity index (χ0) is 10.8. The van der Waals surface area contributed by atoms with E-state index in [0.29, 0.717) is 24.3 Å². The van der Waals surface area contributed by atoms with Gasteiger partial charge in [-0.05, 0) is 24.3 Å². The first-order valence-corrected chi connectivity index (χ1v) is 1.71. The van der Waals surface area contributed by atoms with E-state index in [1.54, 1.807) is 0 Å². The Morgan fingerprint density at radius 3 is 0.538 bits per heavy atom. The molecule has 0 saturated carbocycles. The average molecular weight is 196 g/mol. The third-order valence-corrected chi connectivity index (χ3v) is 0. The summed E-state index contributed by atoms with van der Waals surface area (Å²) in [4.78, 5) is 32.9. The molecule has 0 aromatic heterocycles. The second-order valence-electron chi connectivity index (χ2n) is 0.365. The van der Waals surface area contributed by atoms with Crippen LogP contribution in [0.3, 0.4) is 0 Å². The predicted octanol–water partition coefficient (Wildman–Crippen LogP) is -0.814. The fourth-order valence-electron chi connectivity index (χ4n) is 0. The molecule has 0 fully saturated rings. The van der Waals surface area contributed by atoms with Gasteiger partial charge in [-0.25, -0.2) is 0 Å². The molecule has 0 amide bonds. The van der Waals surface area contributed by atoms with Crippen LogP contribution >= 0.6 is 0 Å². The zero-order valence-electron chi connectivity index (χ0n) is 5.92. The Hall–Kier alpha value is -2.26. The van der Waals surface area contributed by atoms with Gasteiger partial charge in [0.15, 0.2) is 0 Å². The second-order valence-corrected chi connectivity index (χ2v) is 0.365. The summed E-state index contributed by atoms with van der Waals surface area (Å²) < 4.78 is 0. The molecular weight excluding hydrogens is 196 g/mol. The van der Waals surface area contributed by atoms with E-state index >= 15 is 0 Å². The van der Waals surface area contributed by atoms with Crippen LogP contribution in [0.2, 0.25) is 0 Å². The van der Waals surface area contributed by atoms with Crippen molar-refractivity contribution in [3.05, 3.63) is 21.6 Å². The first kappa shape index (κ1) is 30.9. The summed E-state index contributed by atoms with van der Waals surface area (Å²) in [7, 11) is 0. The molecular formula is C4N4O4Si. The van der Waals surface area contributed by atoms with Crippen molar-refractivity contribution < 1.29 is 19.2 Å². The van der Waals surface area contributed by atoms with Crippen LogP contribution < -0.4 is 0 Å². The van der Waals surface area contributed by atoms with Crippen molar-refractivity contribution in [1.29, 1.82) is 0 Å². The van der Waals surface area contributed by atoms with Crippen LogP contribution in [0.4, 0.5) is 0 Å². The Balaban J connectivity index is -0.0000000213. The van der Waals surface area contributed by atoms with E-state index in [9.17, 15) is 0 Å². The van der Waals surface area contributed by atoms with E-state index in [0.717, 1.165) is 0 Å². The van der Waals surface area contributed by atoms with Crippen molar-refractivity contribution in [2.45, 2.75) is 0 Å². The van der Waals surface area contributed by atoms with Gasteiger partial charge in [0.05, 0.1) is 0 Å². The van der Waals surface area contributed by atoms with Crippen LogP contribution in [0.15, 0.2) is 0 Å². The standard InChI is InChI=1S/4CNO.Si/c4*2-1-3;/q4*-1;+4. The summed E-state index contributed by atoms with van der Waals surface area (Å²) in [6.07, 6.45) is 2.00. The van der Waals surface area contributed by atoms with E-state index in [2.05, 4.69) is 0 Å². The van der Waals surface area contributed by atoms with Gasteiger partial charge < -0.3 is 21.6 Å². The molecule has 0 heterocycles. The SMILES string of the molecule is [N-]=C=O.[N-]=C=O.[N-]=C=O.[N-]=C=O.[Si+4]. The summed E-state index contributed by atoms with van der Waals surface area (Å²) in [5.74, 6) is 0. The predicted molar refractivity (Wildman–Crippen MR) is 42.0 cm³/mol. The van der Waals surface area contributed by atoms with Gasteiger partial charge in [-0.15, -0.1) is 0 Å². The molecule has 8 nitrogen and oxygen atoms in total. The summed E-state index contributed by atoms with van der Waals surface area (Å²) in [6.45, 7) is 0. The van der Waals surface area contributed by atoms with Crippen LogP contribution in [0.1, 0.15) is 0 Å². The molecule has 0 unspecified atom stereocenters. The quantitative estimate of drug-likeness (QED) is 0.281. The van der Waals surface area contributed by atoms with Crippen LogP contribution in [-0.4, -0.2) is 35.3 Å². The molecule has 0 aliphatic carbocycles. The van der Waals surface area contributed by atoms with Crippen molar-refractivity contribution in [2.24, 2.45) is 0 Å². The molecule has 0 atom stereocenters. The van der Waals surface area contributed by atoms with Crippen molar-refractivity contribution in [3.8, 4) is 0 Å². The van der Waals surface area contributed by atoms with Gasteiger partial charge in [-0.2, -0.15) is 0 Å². The second kappa shape index (κ2) is 246. The number of isocyanates is 4. The van der Waals surface area contributed by atoms with Gasteiger partial charge in [0.25, 0.3) is 0 Å². The molecule has 64 valence electrons. The monoisotopic (exact) mass is 196 g/mol. The van der Waals surface area contributed by atoms with Crippen LogP contribution in [-0.2, 0) is 19.2 Å². The summed E-state index contributed by atoms with van der Waals surface area (Å²) in [5.41, 5.74) is 0. The normalized spacial score (nSPS) is 2.46. The zero-order valence-corrected chi connectivity index (χ0v) is 6.92. The van der Waals surface area contributed by atoms with Gasteiger partial charge in [-0.3, -0.25) is 19.2 Å². The molecule has 13 heavy (non-hydrogen) atoms. The van der Waals surface area contributed by atoms with Crippen LogP contribution in [0.25, 0.3) is 21.6 Å². The molecule has 0 aromatic carbocycles. The molecule has 9 heteroatoms. The van der Waals surface area contributed by atoms with Crippen molar-refractivity contribution in [3.63, 3.8) is 0 Å². The summed E-state index contributed by atoms with van der Waals surface area (Å²) in [5, 5.41) is 27.1. The molecule has 0 rings (SSSR count). The van der Waals surface area contributed by atoms with Crippen molar-refractivity contribution in [2.75, 3.05) is 0 Å². The first-order valence-electron chi connectivity index (χ1n) is 1.71. The topological polar surface area (TPSA) is 157 Å². The van der Waals surface area contributed by atoms with E-state index in [1.165, 1.54) is 0 Å². The number of carbonyl (C=O) groups excluding carboxylic acids is 4. The fraction of sp³-hybridized carbons (Fsp3) is 0. The van der Waals surface area contributed by atoms with E-state index in [4.69, 9.17) is 40.8 Å². The van der Waals surface area contributed by atoms with Crippen LogP contribution in [0.5, 0.6) is 0 Å². The largest absolute Gasteiger partial charge is 4.00 e. The maximum Gasteiger partial charge on any atom is 4.00 e. The Morgan fingerprint density at radius 2 is 0.538 bits per heavy atom. The maximum atomic E-state index is 8.24. The van der Waals surface area contributed by atoms with E-state index < -0.39 is 0 Å². The number of nitrogens with zero attached hydrogens (tertiary/aromatic N) is 4. The Morgan fingerprint density at radius 1 is 0.538 bits per heavy atom. The van der Waals surface area contributed by atoms with Gasteiger partial charge >= 0.3 is 11.0 Å². The minimum absolute atomic E-state index is 0. The maximum absolute atomic E-state index is 8.24. The molecule has 0 aromatic rings. The summed E-state index contributed by atoms with van der Waals surface area (Å²) >= 11 is 0. The van der Waals surface area contributed by atoms with Gasteiger partial charge in [0.1, 0.15) is 0 Å². The third kappa shape index (κ3) is 114. The fourth-order valence-corrected chi connectivity index (χ4v) is 0. The van der Waals surface area contributed by atoms with E-state index in [-0.39, 0.29) is 11.0 Å². The summed E-state index contributed by atoms with van der Waals surface area (Å²) in [6, 6.07) is 0. The number of hydrogen-bond donors (Lipinski definition) is 0. The average Bonchev–Trinajstić information content (AvgIpc) is 1.92. The van der Waals surface area contributed by atoms with Gasteiger partial charge in [0.2, 0.25) is 0 Å². The third-order valence-electron chi connectivity index (χ3n) is 0. The Labute approximate surface area is 77.0 Å². The van der Waals surface area contributed by atoms with Crippen molar-refractivity contribution >= 4 is 35.3 Å². The minimum Gasteiger partial charge on any atom is -0.724 e. The molecule has 0 saturated heterocycles. The number of hydrogen-bond acceptors (Lipinski definition) is 4. The van der Waals surface area contributed by atoms with Gasteiger partial charge in [0, 0.05) is 0 Å². The molecule has 0 spiro atoms. The van der Waals surface area contributed by atoms with Crippen molar-refractivity contribution in [1.82, 2.24) is 0 Å². The van der Waals surface area contributed by atoms with E-state index in [1.807, 2.05) is 0 Å². The first-order chi connectivity index (χ1) is 5.66. The molecule has 0 radical (unpaired) electrons. The molecule has 0 bridgehead atoms. The molecule has 0 N–H and O–H groups in total. The number of rotatable bonds is 0. The molecule has 0 aliphatic rings.